The molecule has 10 aromatic carbocycles. The van der Waals surface area contributed by atoms with Gasteiger partial charge in [0.1, 0.15) is 16.7 Å². The summed E-state index contributed by atoms with van der Waals surface area (Å²) in [5, 5.41) is 10.1. The molecular formula is C63H42N5+. The summed E-state index contributed by atoms with van der Waals surface area (Å²) in [4.78, 5) is 7.32. The summed E-state index contributed by atoms with van der Waals surface area (Å²) in [7, 11) is 0. The predicted octanol–water partition coefficient (Wildman–Crippen LogP) is 15.3. The molecule has 3 heterocycles. The summed E-state index contributed by atoms with van der Waals surface area (Å²) in [5.41, 5.74) is 17.5. The van der Waals surface area contributed by atoms with E-state index in [1.807, 2.05) is 10.9 Å². The van der Waals surface area contributed by atoms with Crippen molar-refractivity contribution in [1.82, 2.24) is 19.3 Å². The van der Waals surface area contributed by atoms with Crippen molar-refractivity contribution in [2.45, 2.75) is 0 Å². The number of fused-ring (bicyclic) bond motifs is 7. The van der Waals surface area contributed by atoms with E-state index in [0.29, 0.717) is 5.82 Å². The molecule has 13 rings (SSSR count). The molecule has 0 aliphatic carbocycles. The minimum atomic E-state index is 0.628. The molecule has 0 bridgehead atoms. The molecule has 0 saturated heterocycles. The molecule has 0 amide bonds. The van der Waals surface area contributed by atoms with Crippen LogP contribution in [-0.4, -0.2) is 19.3 Å². The van der Waals surface area contributed by atoms with E-state index in [1.54, 1.807) is 0 Å². The van der Waals surface area contributed by atoms with Crippen LogP contribution >= 0.6 is 0 Å². The third-order valence-corrected chi connectivity index (χ3v) is 13.3. The molecule has 0 saturated carbocycles. The molecule has 13 aromatic rings. The molecule has 318 valence electrons. The van der Waals surface area contributed by atoms with E-state index in [0.717, 1.165) is 66.7 Å². The van der Waals surface area contributed by atoms with E-state index in [-0.39, 0.29) is 0 Å². The van der Waals surface area contributed by atoms with Crippen molar-refractivity contribution in [3.8, 4) is 72.8 Å². The van der Waals surface area contributed by atoms with Crippen molar-refractivity contribution in [1.29, 1.82) is 0 Å². The first-order valence-corrected chi connectivity index (χ1v) is 23.1. The first-order valence-electron chi connectivity index (χ1n) is 23.1. The topological polar surface area (TPSA) is 39.5 Å². The minimum absolute atomic E-state index is 0.628. The Morgan fingerprint density at radius 1 is 0.324 bits per heavy atom. The van der Waals surface area contributed by atoms with Crippen LogP contribution in [0.4, 0.5) is 0 Å². The van der Waals surface area contributed by atoms with Gasteiger partial charge < -0.3 is 4.57 Å². The van der Waals surface area contributed by atoms with Gasteiger partial charge in [0.25, 0.3) is 6.20 Å². The van der Waals surface area contributed by atoms with Crippen molar-refractivity contribution >= 4 is 43.6 Å². The summed E-state index contributed by atoms with van der Waals surface area (Å²) in [6.07, 6.45) is 2.07. The van der Waals surface area contributed by atoms with Gasteiger partial charge in [-0.3, -0.25) is 0 Å². The number of hydrogen-bond acceptors (Lipinski definition) is 2. The molecule has 0 N–H and O–H groups in total. The summed E-state index contributed by atoms with van der Waals surface area (Å²) < 4.78 is 4.72. The molecule has 0 unspecified atom stereocenters. The van der Waals surface area contributed by atoms with Gasteiger partial charge in [-0.05, 0) is 81.4 Å². The normalized spacial score (nSPS) is 11.5. The van der Waals surface area contributed by atoms with E-state index in [2.05, 4.69) is 258 Å². The lowest BCUT2D eigenvalue weighted by Gasteiger charge is -2.16. The Kier molecular flexibility index (Phi) is 9.43. The molecule has 0 fully saturated rings. The van der Waals surface area contributed by atoms with Crippen molar-refractivity contribution in [2.75, 3.05) is 0 Å². The zero-order chi connectivity index (χ0) is 45.0. The highest BCUT2D eigenvalue weighted by atomic mass is 15.6. The van der Waals surface area contributed by atoms with Gasteiger partial charge in [-0.1, -0.05) is 211 Å². The maximum absolute atomic E-state index is 5.41. The molecule has 0 aliphatic rings. The molecule has 5 heteroatoms. The van der Waals surface area contributed by atoms with Crippen LogP contribution in [0.2, 0.25) is 0 Å². The highest BCUT2D eigenvalue weighted by Gasteiger charge is 2.27. The Labute approximate surface area is 393 Å². The summed E-state index contributed by atoms with van der Waals surface area (Å²) >= 11 is 0. The van der Waals surface area contributed by atoms with Crippen LogP contribution < -0.4 is 4.79 Å². The number of para-hydroxylation sites is 2. The van der Waals surface area contributed by atoms with E-state index in [1.165, 1.54) is 44.0 Å². The monoisotopic (exact) mass is 868 g/mol. The van der Waals surface area contributed by atoms with Crippen molar-refractivity contribution in [3.63, 3.8) is 0 Å². The zero-order valence-corrected chi connectivity index (χ0v) is 37.0. The lowest BCUT2D eigenvalue weighted by Crippen LogP contribution is -2.45. The average molecular weight is 869 g/mol. The summed E-state index contributed by atoms with van der Waals surface area (Å²) in [6.45, 7) is 0. The Balaban J connectivity index is 1.05. The van der Waals surface area contributed by atoms with Crippen molar-refractivity contribution in [3.05, 3.63) is 255 Å². The Bertz CT molecular complexity index is 3990. The maximum Gasteiger partial charge on any atom is 0.257 e. The van der Waals surface area contributed by atoms with Crippen LogP contribution in [0.1, 0.15) is 0 Å². The highest BCUT2D eigenvalue weighted by Crippen LogP contribution is 2.43. The predicted molar refractivity (Wildman–Crippen MR) is 279 cm³/mol. The molecule has 0 aliphatic heterocycles. The summed E-state index contributed by atoms with van der Waals surface area (Å²) in [6, 6.07) is 88.6. The second kappa shape index (κ2) is 16.4. The van der Waals surface area contributed by atoms with Gasteiger partial charge in [-0.25, -0.2) is 4.98 Å². The van der Waals surface area contributed by atoms with Crippen LogP contribution in [0.3, 0.4) is 0 Å². The number of aromatic nitrogens is 5. The molecule has 68 heavy (non-hydrogen) atoms. The minimum Gasteiger partial charge on any atom is -0.309 e. The smallest absolute Gasteiger partial charge is 0.257 e. The standard InChI is InChI=1S/C63H42N5/c1-5-18-43(19-6-1)46-32-34-48(35-33-46)55-42-66(65-63(64-55)51-27-17-26-49(40-51)44-20-7-2-8-21-44)68-58-31-16-14-29-53(58)62-60(68)39-38-59-61(62)52-28-13-15-30-56(52)67(59)57-37-36-50(45-22-9-3-10-23-45)41-54(57)47-24-11-4-12-25-47/h1-42H/q+1. The lowest BCUT2D eigenvalue weighted by atomic mass is 9.97. The quantitative estimate of drug-likeness (QED) is 0.143. The first-order chi connectivity index (χ1) is 33.7. The van der Waals surface area contributed by atoms with Gasteiger partial charge in [0, 0.05) is 43.0 Å². The van der Waals surface area contributed by atoms with Gasteiger partial charge >= 0.3 is 0 Å². The number of nitrogens with zero attached hydrogens (tertiary/aromatic N) is 5. The van der Waals surface area contributed by atoms with Crippen LogP contribution in [0.15, 0.2) is 255 Å². The average Bonchev–Trinajstić information content (AvgIpc) is 3.94. The molecule has 5 nitrogen and oxygen atoms in total. The van der Waals surface area contributed by atoms with Gasteiger partial charge in [-0.2, -0.15) is 0 Å². The van der Waals surface area contributed by atoms with E-state index in [9.17, 15) is 0 Å². The zero-order valence-electron chi connectivity index (χ0n) is 37.0. The number of hydrogen-bond donors (Lipinski definition) is 0. The van der Waals surface area contributed by atoms with Crippen LogP contribution in [0.5, 0.6) is 0 Å². The third-order valence-electron chi connectivity index (χ3n) is 13.3. The van der Waals surface area contributed by atoms with Crippen LogP contribution in [0.25, 0.3) is 116 Å². The second-order valence-electron chi connectivity index (χ2n) is 17.3. The fraction of sp³-hybridized carbons (Fsp3) is 0. The Morgan fingerprint density at radius 3 is 1.47 bits per heavy atom. The van der Waals surface area contributed by atoms with Gasteiger partial charge in [0.15, 0.2) is 0 Å². The molecule has 3 aromatic heterocycles. The fourth-order valence-electron chi connectivity index (χ4n) is 10.1. The lowest BCUT2D eigenvalue weighted by molar-refractivity contribution is -0.775. The van der Waals surface area contributed by atoms with Gasteiger partial charge in [0.05, 0.1) is 21.8 Å². The van der Waals surface area contributed by atoms with E-state index < -0.39 is 0 Å². The van der Waals surface area contributed by atoms with Crippen molar-refractivity contribution < 1.29 is 4.79 Å². The highest BCUT2D eigenvalue weighted by molar-refractivity contribution is 6.28. The van der Waals surface area contributed by atoms with Crippen LogP contribution in [0, 0.1) is 0 Å². The Morgan fingerprint density at radius 2 is 0.794 bits per heavy atom. The molecule has 0 spiro atoms. The van der Waals surface area contributed by atoms with Gasteiger partial charge in [0.2, 0.25) is 5.82 Å². The largest absolute Gasteiger partial charge is 0.309 e. The Hall–Kier alpha value is -9.19. The molecule has 0 radical (unpaired) electrons. The second-order valence-corrected chi connectivity index (χ2v) is 17.3. The number of rotatable bonds is 8. The van der Waals surface area contributed by atoms with E-state index in [4.69, 9.17) is 10.1 Å². The van der Waals surface area contributed by atoms with Crippen molar-refractivity contribution in [2.24, 2.45) is 0 Å². The maximum atomic E-state index is 5.41. The fourth-order valence-corrected chi connectivity index (χ4v) is 10.1. The number of benzene rings is 10. The molecular weight excluding hydrogens is 827 g/mol. The van der Waals surface area contributed by atoms with E-state index >= 15 is 0 Å². The van der Waals surface area contributed by atoms with Gasteiger partial charge in [-0.15, -0.1) is 0 Å². The molecule has 0 atom stereocenters. The first kappa shape index (κ1) is 39.2. The third kappa shape index (κ3) is 6.68. The van der Waals surface area contributed by atoms with Crippen LogP contribution in [-0.2, 0) is 0 Å². The summed E-state index contributed by atoms with van der Waals surface area (Å²) in [5.74, 6) is 0.628. The SMILES string of the molecule is c1ccc(-c2ccc(-c3c[n+](-n4c5ccccc5c5c6c7ccccc7n(-c7ccc(-c8ccccc8)cc7-c7ccccc7)c6ccc54)nc(-c4cccc(-c5ccccc5)c4)n3)cc2)cc1.